The minimum Gasteiger partial charge on any atom is -0.462 e. The third-order valence-electron chi connectivity index (χ3n) is 9.26. The highest BCUT2D eigenvalue weighted by molar-refractivity contribution is 7.47. The maximum atomic E-state index is 12.7. The molecule has 0 amide bonds. The highest BCUT2D eigenvalue weighted by Crippen LogP contribution is 2.43. The molecule has 1 rings (SSSR count). The molecule has 0 heterocycles. The van der Waals surface area contributed by atoms with E-state index >= 15 is 0 Å². The number of ketones is 1. The van der Waals surface area contributed by atoms with Gasteiger partial charge in [0.1, 0.15) is 12.4 Å². The second kappa shape index (κ2) is 33.3. The highest BCUT2D eigenvalue weighted by Gasteiger charge is 2.39. The van der Waals surface area contributed by atoms with Gasteiger partial charge in [0.15, 0.2) is 6.10 Å². The van der Waals surface area contributed by atoms with E-state index in [9.17, 15) is 34.1 Å². The van der Waals surface area contributed by atoms with Crippen molar-refractivity contribution in [2.75, 3.05) is 26.4 Å². The summed E-state index contributed by atoms with van der Waals surface area (Å²) in [5.74, 6) is -1.80. The predicted octanol–water partition coefficient (Wildman–Crippen LogP) is 8.30. The quantitative estimate of drug-likeness (QED) is 0.0211. The monoisotopic (exact) mass is 809 g/mol. The zero-order valence-corrected chi connectivity index (χ0v) is 35.0. The van der Waals surface area contributed by atoms with Crippen LogP contribution in [0, 0.1) is 11.8 Å². The van der Waals surface area contributed by atoms with Crippen LogP contribution in [0.25, 0.3) is 0 Å². The van der Waals surface area contributed by atoms with Crippen LogP contribution in [0.15, 0.2) is 60.8 Å². The fourth-order valence-electron chi connectivity index (χ4n) is 6.10. The Morgan fingerprint density at radius 3 is 2.23 bits per heavy atom. The van der Waals surface area contributed by atoms with E-state index in [1.54, 1.807) is 12.2 Å². The number of phosphoric ester groups is 1. The average molecular weight is 810 g/mol. The summed E-state index contributed by atoms with van der Waals surface area (Å²) in [7, 11) is -4.46. The first-order chi connectivity index (χ1) is 27.0. The normalized spacial score (nSPS) is 19.9. The van der Waals surface area contributed by atoms with Crippen molar-refractivity contribution in [1.29, 1.82) is 0 Å². The van der Waals surface area contributed by atoms with Crippen LogP contribution in [0.3, 0.4) is 0 Å². The Bertz CT molecular complexity index is 1260. The van der Waals surface area contributed by atoms with Gasteiger partial charge < -0.3 is 30.3 Å². The number of Topliss-reactive ketones (excluding diaryl/α,β-unsaturated/α-hetero) is 1. The van der Waals surface area contributed by atoms with Crippen molar-refractivity contribution in [2.24, 2.45) is 17.6 Å². The summed E-state index contributed by atoms with van der Waals surface area (Å²) in [5, 5.41) is 20.7. The maximum Gasteiger partial charge on any atom is 0.472 e. The van der Waals surface area contributed by atoms with Gasteiger partial charge >= 0.3 is 19.8 Å². The molecule has 1 unspecified atom stereocenters. The van der Waals surface area contributed by atoms with Crippen molar-refractivity contribution < 1.29 is 52.6 Å². The molecular weight excluding hydrogens is 737 g/mol. The van der Waals surface area contributed by atoms with Gasteiger partial charge in [-0.05, 0) is 64.2 Å². The van der Waals surface area contributed by atoms with E-state index in [-0.39, 0.29) is 56.6 Å². The number of hydrogen-bond acceptors (Lipinski definition) is 11. The molecule has 0 aromatic rings. The third-order valence-corrected chi connectivity index (χ3v) is 10.2. The molecule has 1 aliphatic rings. The molecule has 6 atom stereocenters. The molecule has 1 saturated carbocycles. The van der Waals surface area contributed by atoms with E-state index < -0.39 is 44.7 Å². The number of phosphoric acid groups is 1. The van der Waals surface area contributed by atoms with Crippen LogP contribution < -0.4 is 5.73 Å². The van der Waals surface area contributed by atoms with Crippen molar-refractivity contribution in [1.82, 2.24) is 0 Å². The lowest BCUT2D eigenvalue weighted by Gasteiger charge is -2.19. The van der Waals surface area contributed by atoms with Crippen molar-refractivity contribution >= 4 is 25.5 Å². The number of nitrogens with two attached hydrogens (primary N) is 1. The largest absolute Gasteiger partial charge is 0.472 e. The molecule has 0 spiro atoms. The highest BCUT2D eigenvalue weighted by atomic mass is 31.2. The fraction of sp³-hybridized carbons (Fsp3) is 0.698. The number of carbonyl (C=O) groups excluding carboxylic acids is 3. The molecule has 320 valence electrons. The minimum absolute atomic E-state index is 0.00471. The van der Waals surface area contributed by atoms with Gasteiger partial charge in [0.05, 0.1) is 25.4 Å². The van der Waals surface area contributed by atoms with Gasteiger partial charge in [-0.1, -0.05) is 113 Å². The second-order valence-electron chi connectivity index (χ2n) is 14.3. The van der Waals surface area contributed by atoms with Crippen molar-refractivity contribution in [3.63, 3.8) is 0 Å². The summed E-state index contributed by atoms with van der Waals surface area (Å²) in [6.07, 6.45) is 31.9. The van der Waals surface area contributed by atoms with Crippen LogP contribution in [-0.2, 0) is 37.5 Å². The van der Waals surface area contributed by atoms with Crippen LogP contribution >= 0.6 is 7.82 Å². The lowest BCUT2D eigenvalue weighted by molar-refractivity contribution is -0.161. The van der Waals surface area contributed by atoms with Crippen LogP contribution in [0.4, 0.5) is 0 Å². The summed E-state index contributed by atoms with van der Waals surface area (Å²) in [6.45, 7) is 3.16. The Morgan fingerprint density at radius 1 is 0.839 bits per heavy atom. The first-order valence-corrected chi connectivity index (χ1v) is 22.4. The third kappa shape index (κ3) is 27.0. The van der Waals surface area contributed by atoms with Gasteiger partial charge in [-0.2, -0.15) is 0 Å². The molecule has 56 heavy (non-hydrogen) atoms. The Kier molecular flexibility index (Phi) is 30.5. The lowest BCUT2D eigenvalue weighted by atomic mass is 9.90. The zero-order valence-electron chi connectivity index (χ0n) is 34.1. The topological polar surface area (TPSA) is 192 Å². The van der Waals surface area contributed by atoms with Crippen molar-refractivity contribution in [3.05, 3.63) is 60.8 Å². The summed E-state index contributed by atoms with van der Waals surface area (Å²) >= 11 is 0. The molecule has 0 aliphatic heterocycles. The summed E-state index contributed by atoms with van der Waals surface area (Å²) in [4.78, 5) is 47.5. The van der Waals surface area contributed by atoms with Gasteiger partial charge in [0.25, 0.3) is 0 Å². The first-order valence-electron chi connectivity index (χ1n) is 20.9. The van der Waals surface area contributed by atoms with Crippen LogP contribution in [0.2, 0.25) is 0 Å². The SMILES string of the molecule is CC/C=C\C/C=C\C/C=C\CCCCCCCC(=O)OC[C@H](COP(=O)(O)OCCN)OC(=O)CCC/C=C\C[C@H]1C(=O)C[C@@H](O)[C@@H]1/C=C/[C@@H](O)CCCCC. The van der Waals surface area contributed by atoms with E-state index in [2.05, 4.69) is 50.3 Å². The molecule has 0 bridgehead atoms. The molecule has 0 aromatic heterocycles. The average Bonchev–Trinajstić information content (AvgIpc) is 3.44. The van der Waals surface area contributed by atoms with E-state index in [4.69, 9.17) is 24.3 Å². The smallest absolute Gasteiger partial charge is 0.462 e. The van der Waals surface area contributed by atoms with E-state index in [1.165, 1.54) is 0 Å². The maximum absolute atomic E-state index is 12.7. The van der Waals surface area contributed by atoms with E-state index in [0.717, 1.165) is 70.6 Å². The Morgan fingerprint density at radius 2 is 1.50 bits per heavy atom. The Labute approximate surface area is 336 Å². The van der Waals surface area contributed by atoms with Crippen molar-refractivity contribution in [3.8, 4) is 0 Å². The predicted molar refractivity (Wildman–Crippen MR) is 220 cm³/mol. The van der Waals surface area contributed by atoms with E-state index in [0.29, 0.717) is 32.1 Å². The van der Waals surface area contributed by atoms with Crippen molar-refractivity contribution in [2.45, 2.75) is 154 Å². The number of esters is 2. The van der Waals surface area contributed by atoms with Gasteiger partial charge in [0.2, 0.25) is 0 Å². The molecule has 1 fully saturated rings. The number of unbranched alkanes of at least 4 members (excludes halogenated alkanes) is 8. The van der Waals surface area contributed by atoms with Crippen LogP contribution in [-0.4, -0.2) is 77.5 Å². The summed E-state index contributed by atoms with van der Waals surface area (Å²) in [6, 6.07) is 0. The first kappa shape index (κ1) is 51.3. The Balaban J connectivity index is 2.45. The van der Waals surface area contributed by atoms with Crippen LogP contribution in [0.1, 0.15) is 136 Å². The lowest BCUT2D eigenvalue weighted by Crippen LogP contribution is -2.29. The number of allylic oxidation sites excluding steroid dienone is 8. The van der Waals surface area contributed by atoms with E-state index in [1.807, 2.05) is 12.2 Å². The number of aliphatic hydroxyl groups excluding tert-OH is 2. The number of rotatable bonds is 34. The number of aliphatic hydroxyl groups is 2. The zero-order chi connectivity index (χ0) is 41.3. The number of carbonyl (C=O) groups is 3. The molecule has 1 aliphatic carbocycles. The molecule has 0 radical (unpaired) electrons. The molecule has 12 nitrogen and oxygen atoms in total. The summed E-state index contributed by atoms with van der Waals surface area (Å²) < 4.78 is 32.7. The van der Waals surface area contributed by atoms with Crippen LogP contribution in [0.5, 0.6) is 0 Å². The number of ether oxygens (including phenoxy) is 2. The number of hydrogen-bond donors (Lipinski definition) is 4. The molecule has 13 heteroatoms. The molecule has 0 aromatic carbocycles. The van der Waals surface area contributed by atoms with Gasteiger partial charge in [0, 0.05) is 37.6 Å². The van der Waals surface area contributed by atoms with Gasteiger partial charge in [-0.3, -0.25) is 23.4 Å². The minimum atomic E-state index is -4.46. The second-order valence-corrected chi connectivity index (χ2v) is 15.7. The standard InChI is InChI=1S/C43H72NO11P/c1-3-5-7-8-9-10-11-12-13-14-15-16-17-18-23-27-42(48)52-34-37(35-54-56(50,51)53-32-31-44)55-43(49)28-24-20-19-22-26-38-39(41(47)33-40(38)46)30-29-36(45)25-21-6-4-2/h5,7,9-10,12-13,19,22,29-30,36-39,41,45,47H,3-4,6,8,11,14-18,20-21,23-28,31-35,44H2,1-2H3,(H,50,51)/b7-5-,10-9-,13-12-,22-19-,30-29+/t36-,37+,38+,39+,41+/m0/s1. The Hall–Kier alpha value is -2.70. The summed E-state index contributed by atoms with van der Waals surface area (Å²) in [5.41, 5.74) is 5.33. The molecule has 0 saturated heterocycles. The molecule has 5 N–H and O–H groups in total. The fourth-order valence-corrected chi connectivity index (χ4v) is 6.86. The van der Waals surface area contributed by atoms with Gasteiger partial charge in [-0.25, -0.2) is 4.57 Å². The molecular formula is C43H72NO11P. The van der Waals surface area contributed by atoms with Gasteiger partial charge in [-0.15, -0.1) is 0 Å².